The van der Waals surface area contributed by atoms with E-state index in [0.29, 0.717) is 0 Å². The van der Waals surface area contributed by atoms with Crippen molar-refractivity contribution in [2.75, 3.05) is 20.0 Å². The third-order valence-corrected chi connectivity index (χ3v) is 3.75. The Kier molecular flexibility index (Phi) is 4.58. The fourth-order valence-electron chi connectivity index (χ4n) is 1.74. The highest BCUT2D eigenvalue weighted by atomic mass is 32.2. The van der Waals surface area contributed by atoms with Gasteiger partial charge >= 0.3 is 0 Å². The van der Waals surface area contributed by atoms with Gasteiger partial charge in [-0.15, -0.1) is 11.8 Å². The Balaban J connectivity index is 2.17. The number of nitrogens with zero attached hydrogens (tertiary/aromatic N) is 1. The molecule has 1 aromatic heterocycles. The van der Waals surface area contributed by atoms with E-state index >= 15 is 0 Å². The van der Waals surface area contributed by atoms with E-state index in [1.807, 2.05) is 6.07 Å². The van der Waals surface area contributed by atoms with Gasteiger partial charge in [-0.3, -0.25) is 0 Å². The Morgan fingerprint density at radius 2 is 1.94 bits per heavy atom. The fourth-order valence-corrected chi connectivity index (χ4v) is 2.64. The van der Waals surface area contributed by atoms with Gasteiger partial charge in [-0.05, 0) is 18.6 Å². The Hall–Kier alpha value is -1.10. The number of methoxy groups -OCH3 is 2. The number of hydrogen-bond donors (Lipinski definition) is 0. The van der Waals surface area contributed by atoms with Crippen LogP contribution in [0.5, 0.6) is 0 Å². The van der Waals surface area contributed by atoms with Crippen molar-refractivity contribution in [3.8, 4) is 0 Å². The second kappa shape index (κ2) is 6.18. The fraction of sp³-hybridized carbons (Fsp3) is 0.357. The lowest BCUT2D eigenvalue weighted by Gasteiger charge is -2.12. The van der Waals surface area contributed by atoms with Gasteiger partial charge in [-0.1, -0.05) is 24.3 Å². The van der Waals surface area contributed by atoms with Gasteiger partial charge in [-0.25, -0.2) is 4.98 Å². The van der Waals surface area contributed by atoms with Gasteiger partial charge in [0.25, 0.3) is 0 Å². The number of ether oxygens (including phenoxy) is 2. The summed E-state index contributed by atoms with van der Waals surface area (Å²) < 4.78 is 10.3. The molecule has 96 valence electrons. The molecule has 0 radical (unpaired) electrons. The van der Waals surface area contributed by atoms with E-state index in [9.17, 15) is 0 Å². The minimum Gasteiger partial charge on any atom is -0.355 e. The van der Waals surface area contributed by atoms with Gasteiger partial charge in [0, 0.05) is 19.6 Å². The first-order valence-corrected chi connectivity index (χ1v) is 6.78. The molecule has 0 amide bonds. The summed E-state index contributed by atoms with van der Waals surface area (Å²) >= 11 is 1.64. The number of rotatable bonds is 5. The van der Waals surface area contributed by atoms with Crippen molar-refractivity contribution < 1.29 is 9.47 Å². The molecule has 4 heteroatoms. The molecule has 0 N–H and O–H groups in total. The van der Waals surface area contributed by atoms with E-state index in [4.69, 9.17) is 9.47 Å². The zero-order valence-electron chi connectivity index (χ0n) is 10.8. The third kappa shape index (κ3) is 3.02. The quantitative estimate of drug-likeness (QED) is 0.612. The van der Waals surface area contributed by atoms with Crippen molar-refractivity contribution in [3.63, 3.8) is 0 Å². The van der Waals surface area contributed by atoms with Crippen LogP contribution in [0.2, 0.25) is 0 Å². The molecule has 1 heterocycles. The normalized spacial score (nSPS) is 11.3. The molecular formula is C14H17NO2S. The molecule has 2 rings (SSSR count). The second-order valence-electron chi connectivity index (χ2n) is 4.01. The van der Waals surface area contributed by atoms with Crippen molar-refractivity contribution in [1.29, 1.82) is 0 Å². The third-order valence-electron chi connectivity index (χ3n) is 2.79. The Bertz CT molecular complexity index is 526. The predicted molar refractivity (Wildman–Crippen MR) is 75.0 cm³/mol. The molecule has 0 aliphatic rings. The molecule has 0 aliphatic heterocycles. The van der Waals surface area contributed by atoms with Crippen LogP contribution in [0.15, 0.2) is 35.4 Å². The summed E-state index contributed by atoms with van der Waals surface area (Å²) in [6.07, 6.45) is -0.190. The van der Waals surface area contributed by atoms with Crippen LogP contribution >= 0.6 is 11.8 Å². The number of aryl methyl sites for hydroxylation is 1. The molecule has 0 spiro atoms. The molecule has 18 heavy (non-hydrogen) atoms. The Labute approximate surface area is 112 Å². The molecule has 0 bridgehead atoms. The number of fused-ring (bicyclic) bond motifs is 1. The highest BCUT2D eigenvalue weighted by molar-refractivity contribution is 7.99. The number of para-hydroxylation sites is 1. The SMILES string of the molecule is COC(CSc1ccc2cccc(C)c2n1)OC. The summed E-state index contributed by atoms with van der Waals surface area (Å²) in [4.78, 5) is 4.67. The zero-order chi connectivity index (χ0) is 13.0. The molecule has 0 atom stereocenters. The minimum absolute atomic E-state index is 0.190. The molecule has 3 nitrogen and oxygen atoms in total. The first kappa shape index (κ1) is 13.3. The van der Waals surface area contributed by atoms with Gasteiger partial charge in [-0.2, -0.15) is 0 Å². The van der Waals surface area contributed by atoms with Crippen molar-refractivity contribution in [1.82, 2.24) is 4.98 Å². The number of pyridine rings is 1. The van der Waals surface area contributed by atoms with E-state index in [1.165, 1.54) is 10.9 Å². The average molecular weight is 263 g/mol. The van der Waals surface area contributed by atoms with Gasteiger partial charge < -0.3 is 9.47 Å². The number of hydrogen-bond acceptors (Lipinski definition) is 4. The van der Waals surface area contributed by atoms with Crippen LogP contribution in [0.4, 0.5) is 0 Å². The van der Waals surface area contributed by atoms with E-state index in [2.05, 4.69) is 36.2 Å². The maximum absolute atomic E-state index is 5.16. The van der Waals surface area contributed by atoms with Crippen molar-refractivity contribution >= 4 is 22.7 Å². The maximum Gasteiger partial charge on any atom is 0.166 e. The topological polar surface area (TPSA) is 31.4 Å². The summed E-state index contributed by atoms with van der Waals surface area (Å²) in [7, 11) is 3.29. The molecule has 0 unspecified atom stereocenters. The maximum atomic E-state index is 5.16. The lowest BCUT2D eigenvalue weighted by atomic mass is 10.1. The van der Waals surface area contributed by atoms with Crippen LogP contribution in [-0.4, -0.2) is 31.2 Å². The smallest absolute Gasteiger partial charge is 0.166 e. The van der Waals surface area contributed by atoms with E-state index in [-0.39, 0.29) is 6.29 Å². The molecule has 1 aromatic carbocycles. The summed E-state index contributed by atoms with van der Waals surface area (Å²) in [5, 5.41) is 2.17. The second-order valence-corrected chi connectivity index (χ2v) is 5.05. The molecule has 0 aliphatic carbocycles. The molecular weight excluding hydrogens is 246 g/mol. The van der Waals surface area contributed by atoms with Gasteiger partial charge in [0.05, 0.1) is 16.3 Å². The Morgan fingerprint density at radius 3 is 2.67 bits per heavy atom. The lowest BCUT2D eigenvalue weighted by Crippen LogP contribution is -2.15. The van der Waals surface area contributed by atoms with Crippen molar-refractivity contribution in [2.45, 2.75) is 18.2 Å². The summed E-state index contributed by atoms with van der Waals surface area (Å²) in [6, 6.07) is 10.4. The van der Waals surface area contributed by atoms with Gasteiger partial charge in [0.15, 0.2) is 6.29 Å². The van der Waals surface area contributed by atoms with Gasteiger partial charge in [0.2, 0.25) is 0 Å². The highest BCUT2D eigenvalue weighted by Crippen LogP contribution is 2.23. The number of aromatic nitrogens is 1. The molecule has 0 saturated carbocycles. The highest BCUT2D eigenvalue weighted by Gasteiger charge is 2.07. The first-order chi connectivity index (χ1) is 8.74. The monoisotopic (exact) mass is 263 g/mol. The molecule has 2 aromatic rings. The van der Waals surface area contributed by atoms with Crippen molar-refractivity contribution in [3.05, 3.63) is 35.9 Å². The summed E-state index contributed by atoms with van der Waals surface area (Å²) in [5.41, 5.74) is 2.26. The van der Waals surface area contributed by atoms with Crippen LogP contribution in [-0.2, 0) is 9.47 Å². The molecule has 0 saturated heterocycles. The van der Waals surface area contributed by atoms with Crippen LogP contribution in [0.3, 0.4) is 0 Å². The summed E-state index contributed by atoms with van der Waals surface area (Å²) in [5.74, 6) is 0.734. The van der Waals surface area contributed by atoms with Crippen molar-refractivity contribution in [2.24, 2.45) is 0 Å². The van der Waals surface area contributed by atoms with E-state index < -0.39 is 0 Å². The van der Waals surface area contributed by atoms with E-state index in [1.54, 1.807) is 26.0 Å². The average Bonchev–Trinajstić information content (AvgIpc) is 2.41. The van der Waals surface area contributed by atoms with Gasteiger partial charge in [0.1, 0.15) is 0 Å². The minimum atomic E-state index is -0.190. The number of benzene rings is 1. The lowest BCUT2D eigenvalue weighted by molar-refractivity contribution is -0.0842. The van der Waals surface area contributed by atoms with Crippen LogP contribution in [0.1, 0.15) is 5.56 Å². The Morgan fingerprint density at radius 1 is 1.17 bits per heavy atom. The predicted octanol–water partition coefficient (Wildman–Crippen LogP) is 3.25. The van der Waals surface area contributed by atoms with E-state index in [0.717, 1.165) is 16.3 Å². The van der Waals surface area contributed by atoms with Crippen LogP contribution in [0.25, 0.3) is 10.9 Å². The standard InChI is InChI=1S/C14H17NO2S/c1-10-5-4-6-11-7-8-12(15-14(10)11)18-9-13(16-2)17-3/h4-8,13H,9H2,1-3H3. The zero-order valence-corrected chi connectivity index (χ0v) is 11.7. The summed E-state index contributed by atoms with van der Waals surface area (Å²) in [6.45, 7) is 2.08. The number of thioether (sulfide) groups is 1. The first-order valence-electron chi connectivity index (χ1n) is 5.79. The largest absolute Gasteiger partial charge is 0.355 e. The van der Waals surface area contributed by atoms with Crippen LogP contribution < -0.4 is 0 Å². The molecule has 0 fully saturated rings. The van der Waals surface area contributed by atoms with Crippen LogP contribution in [0, 0.1) is 6.92 Å².